The molecule has 3 rings (SSSR count). The van der Waals surface area contributed by atoms with E-state index in [0.29, 0.717) is 18.8 Å². The zero-order chi connectivity index (χ0) is 15.2. The molecule has 22 heavy (non-hydrogen) atoms. The fourth-order valence-corrected chi connectivity index (χ4v) is 2.27. The number of carbonyl (C=O) groups is 1. The van der Waals surface area contributed by atoms with E-state index in [1.54, 1.807) is 29.4 Å². The highest BCUT2D eigenvalue weighted by Gasteiger charge is 2.19. The number of furan rings is 1. The molecule has 0 bridgehead atoms. The molecule has 0 unspecified atom stereocenters. The normalized spacial score (nSPS) is 10.4. The van der Waals surface area contributed by atoms with Crippen LogP contribution < -0.4 is 0 Å². The van der Waals surface area contributed by atoms with Gasteiger partial charge in [-0.3, -0.25) is 9.78 Å². The Balaban J connectivity index is 1.83. The van der Waals surface area contributed by atoms with E-state index in [9.17, 15) is 4.79 Å². The van der Waals surface area contributed by atoms with Crippen LogP contribution in [0.2, 0.25) is 0 Å². The van der Waals surface area contributed by atoms with Gasteiger partial charge in [-0.2, -0.15) is 0 Å². The average molecular weight is 292 g/mol. The first-order valence-corrected chi connectivity index (χ1v) is 7.08. The fourth-order valence-electron chi connectivity index (χ4n) is 2.27. The van der Waals surface area contributed by atoms with Crippen LogP contribution >= 0.6 is 0 Å². The van der Waals surface area contributed by atoms with Gasteiger partial charge in [-0.15, -0.1) is 0 Å². The number of nitrogens with zero attached hydrogens (tertiary/aromatic N) is 2. The number of hydrogen-bond donors (Lipinski definition) is 0. The van der Waals surface area contributed by atoms with Crippen LogP contribution in [0, 0.1) is 0 Å². The zero-order valence-electron chi connectivity index (χ0n) is 12.1. The van der Waals surface area contributed by atoms with Crippen LogP contribution in [0.3, 0.4) is 0 Å². The minimum Gasteiger partial charge on any atom is -0.459 e. The van der Waals surface area contributed by atoms with E-state index in [2.05, 4.69) is 4.98 Å². The molecule has 0 aliphatic carbocycles. The highest BCUT2D eigenvalue weighted by Crippen LogP contribution is 2.14. The van der Waals surface area contributed by atoms with Crippen molar-refractivity contribution in [2.45, 2.75) is 13.1 Å². The van der Waals surface area contributed by atoms with E-state index in [1.165, 1.54) is 6.26 Å². The van der Waals surface area contributed by atoms with Crippen molar-refractivity contribution in [3.63, 3.8) is 0 Å². The van der Waals surface area contributed by atoms with Crippen LogP contribution in [0.25, 0.3) is 0 Å². The van der Waals surface area contributed by atoms with Crippen molar-refractivity contribution < 1.29 is 9.21 Å². The summed E-state index contributed by atoms with van der Waals surface area (Å²) in [4.78, 5) is 18.5. The number of rotatable bonds is 5. The van der Waals surface area contributed by atoms with Gasteiger partial charge < -0.3 is 9.32 Å². The number of benzene rings is 1. The molecule has 0 atom stereocenters. The van der Waals surface area contributed by atoms with Gasteiger partial charge in [0, 0.05) is 25.5 Å². The van der Waals surface area contributed by atoms with Gasteiger partial charge in [-0.1, -0.05) is 36.4 Å². The lowest BCUT2D eigenvalue weighted by molar-refractivity contribution is 0.0697. The SMILES string of the molecule is O=C(c1ccco1)N(Cc1ccccc1)Cc1cccnc1. The summed E-state index contributed by atoms with van der Waals surface area (Å²) in [6, 6.07) is 17.1. The smallest absolute Gasteiger partial charge is 0.290 e. The molecular formula is C18H16N2O2. The molecule has 0 saturated heterocycles. The molecule has 4 nitrogen and oxygen atoms in total. The summed E-state index contributed by atoms with van der Waals surface area (Å²) in [6.45, 7) is 1.01. The molecule has 0 saturated carbocycles. The lowest BCUT2D eigenvalue weighted by Gasteiger charge is -2.22. The maximum atomic E-state index is 12.6. The van der Waals surface area contributed by atoms with Gasteiger partial charge in [0.2, 0.25) is 0 Å². The monoisotopic (exact) mass is 292 g/mol. The molecule has 1 amide bonds. The summed E-state index contributed by atoms with van der Waals surface area (Å²) in [7, 11) is 0. The molecule has 0 aliphatic rings. The largest absolute Gasteiger partial charge is 0.459 e. The molecule has 0 aliphatic heterocycles. The number of carbonyl (C=O) groups excluding carboxylic acids is 1. The molecule has 3 aromatic rings. The van der Waals surface area contributed by atoms with Crippen LogP contribution in [0.5, 0.6) is 0 Å². The Morgan fingerprint density at radius 1 is 0.955 bits per heavy atom. The van der Waals surface area contributed by atoms with E-state index < -0.39 is 0 Å². The minimum atomic E-state index is -0.127. The summed E-state index contributed by atoms with van der Waals surface area (Å²) in [6.07, 6.45) is 5.00. The number of aromatic nitrogens is 1. The Morgan fingerprint density at radius 2 is 1.73 bits per heavy atom. The Hall–Kier alpha value is -2.88. The van der Waals surface area contributed by atoms with E-state index >= 15 is 0 Å². The van der Waals surface area contributed by atoms with Crippen LogP contribution in [-0.4, -0.2) is 15.8 Å². The third-order valence-electron chi connectivity index (χ3n) is 3.33. The Bertz CT molecular complexity index is 668. The highest BCUT2D eigenvalue weighted by molar-refractivity contribution is 5.91. The van der Waals surface area contributed by atoms with E-state index in [0.717, 1.165) is 11.1 Å². The zero-order valence-corrected chi connectivity index (χ0v) is 12.1. The number of amides is 1. The van der Waals surface area contributed by atoms with Gasteiger partial charge in [0.05, 0.1) is 6.26 Å². The maximum absolute atomic E-state index is 12.6. The first kappa shape index (κ1) is 14.1. The van der Waals surface area contributed by atoms with Crippen LogP contribution in [0.4, 0.5) is 0 Å². The van der Waals surface area contributed by atoms with Gasteiger partial charge in [-0.05, 0) is 29.3 Å². The van der Waals surface area contributed by atoms with Crippen LogP contribution in [-0.2, 0) is 13.1 Å². The predicted molar refractivity (Wildman–Crippen MR) is 83.0 cm³/mol. The van der Waals surface area contributed by atoms with Gasteiger partial charge in [0.1, 0.15) is 0 Å². The fraction of sp³-hybridized carbons (Fsp3) is 0.111. The summed E-state index contributed by atoms with van der Waals surface area (Å²) >= 11 is 0. The molecule has 2 heterocycles. The van der Waals surface area contributed by atoms with Crippen molar-refractivity contribution in [3.8, 4) is 0 Å². The molecule has 0 radical (unpaired) electrons. The second-order valence-corrected chi connectivity index (χ2v) is 4.99. The van der Waals surface area contributed by atoms with E-state index in [1.807, 2.05) is 42.5 Å². The third-order valence-corrected chi connectivity index (χ3v) is 3.33. The summed E-state index contributed by atoms with van der Waals surface area (Å²) in [5, 5.41) is 0. The van der Waals surface area contributed by atoms with Crippen LogP contribution in [0.15, 0.2) is 77.7 Å². The van der Waals surface area contributed by atoms with Gasteiger partial charge in [0.25, 0.3) is 5.91 Å². The summed E-state index contributed by atoms with van der Waals surface area (Å²) in [5.41, 5.74) is 2.06. The Morgan fingerprint density at radius 3 is 2.41 bits per heavy atom. The second kappa shape index (κ2) is 6.72. The molecule has 0 N–H and O–H groups in total. The maximum Gasteiger partial charge on any atom is 0.290 e. The molecule has 0 fully saturated rings. The van der Waals surface area contributed by atoms with Gasteiger partial charge in [0.15, 0.2) is 5.76 Å². The first-order valence-electron chi connectivity index (χ1n) is 7.08. The molecular weight excluding hydrogens is 276 g/mol. The van der Waals surface area contributed by atoms with Gasteiger partial charge >= 0.3 is 0 Å². The Kier molecular flexibility index (Phi) is 4.30. The Labute approximate surface area is 129 Å². The van der Waals surface area contributed by atoms with Crippen molar-refractivity contribution in [2.24, 2.45) is 0 Å². The minimum absolute atomic E-state index is 0.127. The van der Waals surface area contributed by atoms with Crippen molar-refractivity contribution in [1.82, 2.24) is 9.88 Å². The quantitative estimate of drug-likeness (QED) is 0.723. The number of hydrogen-bond acceptors (Lipinski definition) is 3. The summed E-state index contributed by atoms with van der Waals surface area (Å²) < 4.78 is 5.24. The molecule has 0 spiro atoms. The molecule has 110 valence electrons. The summed E-state index contributed by atoms with van der Waals surface area (Å²) in [5.74, 6) is 0.220. The standard InChI is InChI=1S/C18H16N2O2/c21-18(17-9-5-11-22-17)20(13-15-6-2-1-3-7-15)14-16-8-4-10-19-12-16/h1-12H,13-14H2. The van der Waals surface area contributed by atoms with Crippen molar-refractivity contribution in [2.75, 3.05) is 0 Å². The molecule has 2 aromatic heterocycles. The van der Waals surface area contributed by atoms with E-state index in [4.69, 9.17) is 4.42 Å². The molecule has 4 heteroatoms. The predicted octanol–water partition coefficient (Wildman–Crippen LogP) is 3.52. The number of pyridine rings is 1. The molecule has 1 aromatic carbocycles. The van der Waals surface area contributed by atoms with E-state index in [-0.39, 0.29) is 5.91 Å². The third kappa shape index (κ3) is 3.41. The average Bonchev–Trinajstić information content (AvgIpc) is 3.10. The van der Waals surface area contributed by atoms with Gasteiger partial charge in [-0.25, -0.2) is 0 Å². The second-order valence-electron chi connectivity index (χ2n) is 4.99. The lowest BCUT2D eigenvalue weighted by atomic mass is 10.2. The van der Waals surface area contributed by atoms with Crippen molar-refractivity contribution in [1.29, 1.82) is 0 Å². The lowest BCUT2D eigenvalue weighted by Crippen LogP contribution is -2.29. The first-order chi connectivity index (χ1) is 10.8. The van der Waals surface area contributed by atoms with Crippen molar-refractivity contribution in [3.05, 3.63) is 90.1 Å². The van der Waals surface area contributed by atoms with Crippen molar-refractivity contribution >= 4 is 5.91 Å². The van der Waals surface area contributed by atoms with Crippen LogP contribution in [0.1, 0.15) is 21.7 Å². The topological polar surface area (TPSA) is 46.3 Å². The highest BCUT2D eigenvalue weighted by atomic mass is 16.3.